The van der Waals surface area contributed by atoms with Crippen molar-refractivity contribution in [2.45, 2.75) is 13.8 Å². The molecule has 0 saturated heterocycles. The number of rotatable bonds is 1. The molecular formula is C8H11N3S. The van der Waals surface area contributed by atoms with E-state index in [1.165, 1.54) is 0 Å². The second-order valence-electron chi connectivity index (χ2n) is 2.45. The quantitative estimate of drug-likeness (QED) is 0.488. The third-order valence-corrected chi connectivity index (χ3v) is 1.96. The van der Waals surface area contributed by atoms with Crippen molar-refractivity contribution < 1.29 is 0 Å². The normalized spacial score (nSPS) is 9.25. The highest BCUT2D eigenvalue weighted by atomic mass is 32.1. The fourth-order valence-electron chi connectivity index (χ4n) is 0.877. The minimum atomic E-state index is 0.682. The highest BCUT2D eigenvalue weighted by Crippen LogP contribution is 2.00. The van der Waals surface area contributed by atoms with Gasteiger partial charge in [0.2, 0.25) is 4.77 Å². The summed E-state index contributed by atoms with van der Waals surface area (Å²) >= 11 is 5.11. The number of hydrogen-bond acceptors (Lipinski definition) is 2. The smallest absolute Gasteiger partial charge is 0.202 e. The van der Waals surface area contributed by atoms with E-state index in [-0.39, 0.29) is 0 Å². The first-order valence-electron chi connectivity index (χ1n) is 3.65. The van der Waals surface area contributed by atoms with Crippen LogP contribution in [-0.2, 0) is 7.05 Å². The highest BCUT2D eigenvalue weighted by Gasteiger charge is 1.97. The van der Waals surface area contributed by atoms with Crippen LogP contribution in [0.25, 0.3) is 5.70 Å². The Balaban J connectivity index is 3.31. The second kappa shape index (κ2) is 3.52. The SMILES string of the molecule is CC=C=C(C)n1ncn(C)c1=S. The van der Waals surface area contributed by atoms with Crippen molar-refractivity contribution in [2.75, 3.05) is 0 Å². The summed E-state index contributed by atoms with van der Waals surface area (Å²) in [6.45, 7) is 3.83. The lowest BCUT2D eigenvalue weighted by Crippen LogP contribution is -1.96. The lowest BCUT2D eigenvalue weighted by molar-refractivity contribution is 0.848. The van der Waals surface area contributed by atoms with Crippen molar-refractivity contribution in [3.05, 3.63) is 22.9 Å². The van der Waals surface area contributed by atoms with Gasteiger partial charge in [0.25, 0.3) is 0 Å². The molecule has 0 atom stereocenters. The maximum absolute atomic E-state index is 5.11. The van der Waals surface area contributed by atoms with Crippen LogP contribution in [0.15, 0.2) is 18.1 Å². The van der Waals surface area contributed by atoms with Gasteiger partial charge in [0.05, 0.1) is 5.70 Å². The Hall–Kier alpha value is -1.12. The molecule has 0 aromatic carbocycles. The van der Waals surface area contributed by atoms with Gasteiger partial charge in [-0.3, -0.25) is 0 Å². The molecule has 0 spiro atoms. The van der Waals surface area contributed by atoms with Crippen molar-refractivity contribution in [3.8, 4) is 0 Å². The van der Waals surface area contributed by atoms with Crippen molar-refractivity contribution >= 4 is 17.9 Å². The Labute approximate surface area is 76.6 Å². The van der Waals surface area contributed by atoms with E-state index < -0.39 is 0 Å². The molecule has 0 unspecified atom stereocenters. The first-order chi connectivity index (χ1) is 5.66. The van der Waals surface area contributed by atoms with Crippen LogP contribution in [0.1, 0.15) is 13.8 Å². The van der Waals surface area contributed by atoms with Gasteiger partial charge < -0.3 is 4.57 Å². The Morgan fingerprint density at radius 2 is 2.42 bits per heavy atom. The summed E-state index contributed by atoms with van der Waals surface area (Å²) in [5, 5.41) is 4.09. The molecule has 0 N–H and O–H groups in total. The molecule has 1 rings (SSSR count). The van der Waals surface area contributed by atoms with Gasteiger partial charge in [0.1, 0.15) is 6.33 Å². The first-order valence-corrected chi connectivity index (χ1v) is 4.06. The number of aromatic nitrogens is 3. The molecule has 0 amide bonds. The maximum atomic E-state index is 5.11. The van der Waals surface area contributed by atoms with Crippen molar-refractivity contribution in [2.24, 2.45) is 7.05 Å². The fraction of sp³-hybridized carbons (Fsp3) is 0.375. The fourth-order valence-corrected chi connectivity index (χ4v) is 1.11. The molecule has 0 aliphatic rings. The molecule has 0 bridgehead atoms. The first kappa shape index (κ1) is 8.97. The van der Waals surface area contributed by atoms with Gasteiger partial charge in [-0.2, -0.15) is 5.10 Å². The van der Waals surface area contributed by atoms with Gasteiger partial charge >= 0.3 is 0 Å². The van der Waals surface area contributed by atoms with Crippen molar-refractivity contribution in [3.63, 3.8) is 0 Å². The minimum absolute atomic E-state index is 0.682. The van der Waals surface area contributed by atoms with Gasteiger partial charge in [-0.1, -0.05) is 0 Å². The number of allylic oxidation sites excluding steroid dienone is 1. The van der Waals surface area contributed by atoms with E-state index in [0.29, 0.717) is 4.77 Å². The Bertz CT molecular complexity index is 391. The highest BCUT2D eigenvalue weighted by molar-refractivity contribution is 7.71. The van der Waals surface area contributed by atoms with E-state index >= 15 is 0 Å². The standard InChI is InChI=1S/C8H11N3S/c1-4-5-7(2)11-8(12)10(3)6-9-11/h4,6H,1-3H3. The number of hydrogen-bond donors (Lipinski definition) is 0. The summed E-state index contributed by atoms with van der Waals surface area (Å²) in [5.74, 6) is 0. The van der Waals surface area contributed by atoms with E-state index in [9.17, 15) is 0 Å². The molecule has 4 heteroatoms. The van der Waals surface area contributed by atoms with Gasteiger partial charge in [-0.15, -0.1) is 5.73 Å². The van der Waals surface area contributed by atoms with E-state index in [4.69, 9.17) is 12.2 Å². The van der Waals surface area contributed by atoms with Gasteiger partial charge in [0.15, 0.2) is 0 Å². The zero-order chi connectivity index (χ0) is 9.14. The summed E-state index contributed by atoms with van der Waals surface area (Å²) < 4.78 is 4.15. The van der Waals surface area contributed by atoms with Crippen LogP contribution in [0.4, 0.5) is 0 Å². The Morgan fingerprint density at radius 3 is 2.83 bits per heavy atom. The molecule has 0 radical (unpaired) electrons. The Morgan fingerprint density at radius 1 is 1.75 bits per heavy atom. The van der Waals surface area contributed by atoms with Crippen LogP contribution < -0.4 is 0 Å². The van der Waals surface area contributed by atoms with Crippen LogP contribution in [0, 0.1) is 4.77 Å². The van der Waals surface area contributed by atoms with E-state index in [1.54, 1.807) is 15.6 Å². The van der Waals surface area contributed by atoms with Crippen molar-refractivity contribution in [1.29, 1.82) is 0 Å². The summed E-state index contributed by atoms with van der Waals surface area (Å²) in [4.78, 5) is 0. The van der Waals surface area contributed by atoms with Crippen LogP contribution in [-0.4, -0.2) is 14.3 Å². The van der Waals surface area contributed by atoms with Crippen LogP contribution >= 0.6 is 12.2 Å². The molecule has 0 saturated carbocycles. The van der Waals surface area contributed by atoms with Crippen LogP contribution in [0.3, 0.4) is 0 Å². The van der Waals surface area contributed by atoms with Gasteiger partial charge in [-0.05, 0) is 32.1 Å². The van der Waals surface area contributed by atoms with E-state index in [0.717, 1.165) is 5.70 Å². The van der Waals surface area contributed by atoms with Gasteiger partial charge in [0, 0.05) is 7.05 Å². The zero-order valence-electron chi connectivity index (χ0n) is 7.40. The summed E-state index contributed by atoms with van der Waals surface area (Å²) in [7, 11) is 1.87. The monoisotopic (exact) mass is 181 g/mol. The zero-order valence-corrected chi connectivity index (χ0v) is 8.22. The lowest BCUT2D eigenvalue weighted by Gasteiger charge is -1.94. The average molecular weight is 181 g/mol. The molecular weight excluding hydrogens is 170 g/mol. The second-order valence-corrected chi connectivity index (χ2v) is 2.82. The summed E-state index contributed by atoms with van der Waals surface area (Å²) in [5.41, 5.74) is 3.93. The predicted molar refractivity (Wildman–Crippen MR) is 51.2 cm³/mol. The molecule has 12 heavy (non-hydrogen) atoms. The molecule has 1 heterocycles. The molecule has 64 valence electrons. The molecule has 0 aliphatic heterocycles. The lowest BCUT2D eigenvalue weighted by atomic mass is 10.5. The third kappa shape index (κ3) is 1.55. The molecule has 1 aromatic rings. The maximum Gasteiger partial charge on any atom is 0.202 e. The summed E-state index contributed by atoms with van der Waals surface area (Å²) in [6.07, 6.45) is 3.52. The number of nitrogens with zero attached hydrogens (tertiary/aromatic N) is 3. The molecule has 1 aromatic heterocycles. The third-order valence-electron chi connectivity index (χ3n) is 1.49. The van der Waals surface area contributed by atoms with E-state index in [1.807, 2.05) is 27.0 Å². The minimum Gasteiger partial charge on any atom is -0.309 e. The van der Waals surface area contributed by atoms with Crippen molar-refractivity contribution in [1.82, 2.24) is 14.3 Å². The topological polar surface area (TPSA) is 22.8 Å². The average Bonchev–Trinajstić information content (AvgIpc) is 2.34. The van der Waals surface area contributed by atoms with Crippen LogP contribution in [0.2, 0.25) is 0 Å². The van der Waals surface area contributed by atoms with Crippen LogP contribution in [0.5, 0.6) is 0 Å². The van der Waals surface area contributed by atoms with E-state index in [2.05, 4.69) is 10.8 Å². The molecule has 0 fully saturated rings. The predicted octanol–water partition coefficient (Wildman–Crippen LogP) is 1.99. The largest absolute Gasteiger partial charge is 0.309 e. The van der Waals surface area contributed by atoms with Gasteiger partial charge in [-0.25, -0.2) is 4.68 Å². The molecule has 0 aliphatic carbocycles. The summed E-state index contributed by atoms with van der Waals surface area (Å²) in [6, 6.07) is 0. The number of aryl methyl sites for hydroxylation is 1. The Kier molecular flexibility index (Phi) is 2.63. The molecule has 3 nitrogen and oxygen atoms in total.